The smallest absolute Gasteiger partial charge is 0.320 e. The molecule has 1 aliphatic heterocycles. The van der Waals surface area contributed by atoms with E-state index in [1.165, 1.54) is 17.2 Å². The monoisotopic (exact) mass is 423 g/mol. The fraction of sp³-hybridized carbons (Fsp3) is 0.667. The van der Waals surface area contributed by atoms with Crippen molar-refractivity contribution in [3.8, 4) is 0 Å². The van der Waals surface area contributed by atoms with Crippen LogP contribution in [0.15, 0.2) is 12.7 Å². The van der Waals surface area contributed by atoms with E-state index in [4.69, 9.17) is 27.0 Å². The van der Waals surface area contributed by atoms with Crippen molar-refractivity contribution in [1.29, 1.82) is 0 Å². The first kappa shape index (κ1) is 22.3. The topological polar surface area (TPSA) is 209 Å². The lowest BCUT2D eigenvalue weighted by molar-refractivity contribution is -0.138. The molecule has 1 fully saturated rings. The van der Waals surface area contributed by atoms with Crippen LogP contribution < -0.4 is 17.2 Å². The van der Waals surface area contributed by atoms with E-state index in [0.29, 0.717) is 24.0 Å². The van der Waals surface area contributed by atoms with Crippen LogP contribution in [-0.2, 0) is 9.53 Å². The number of carboxylic acids is 1. The number of carboxylic acid groups (broad SMARTS) is 1. The molecule has 0 radical (unpaired) electrons. The van der Waals surface area contributed by atoms with Gasteiger partial charge in [-0.2, -0.15) is 0 Å². The van der Waals surface area contributed by atoms with Gasteiger partial charge in [-0.05, 0) is 24.7 Å². The lowest BCUT2D eigenvalue weighted by Gasteiger charge is -2.35. The molecule has 3 rings (SSSR count). The number of anilines is 1. The Balaban J connectivity index is 1.71. The van der Waals surface area contributed by atoms with E-state index in [2.05, 4.69) is 15.0 Å². The summed E-state index contributed by atoms with van der Waals surface area (Å²) in [5.41, 5.74) is 17.9. The van der Waals surface area contributed by atoms with E-state index in [1.54, 1.807) is 0 Å². The van der Waals surface area contributed by atoms with Crippen molar-refractivity contribution in [3.05, 3.63) is 12.7 Å². The summed E-state index contributed by atoms with van der Waals surface area (Å²) in [6, 6.07) is -1.35. The number of fused-ring (bicyclic) bond motifs is 1. The van der Waals surface area contributed by atoms with E-state index in [0.717, 1.165) is 0 Å². The van der Waals surface area contributed by atoms with Crippen molar-refractivity contribution in [3.63, 3.8) is 0 Å². The molecule has 1 aliphatic rings. The number of rotatable bonds is 8. The minimum absolute atomic E-state index is 0.204. The first-order valence-corrected chi connectivity index (χ1v) is 9.71. The summed E-state index contributed by atoms with van der Waals surface area (Å²) in [4.78, 5) is 23.1. The number of aliphatic hydroxyl groups excluding tert-OH is 2. The van der Waals surface area contributed by atoms with E-state index < -0.39 is 42.0 Å². The van der Waals surface area contributed by atoms with Crippen molar-refractivity contribution in [2.75, 3.05) is 5.73 Å². The molecule has 0 spiro atoms. The first-order chi connectivity index (χ1) is 14.0. The second kappa shape index (κ2) is 8.40. The molecule has 0 unspecified atom stereocenters. The minimum Gasteiger partial charge on any atom is -0.480 e. The van der Waals surface area contributed by atoms with Gasteiger partial charge < -0.3 is 37.3 Å². The highest BCUT2D eigenvalue weighted by molar-refractivity contribution is 5.81. The van der Waals surface area contributed by atoms with Crippen molar-refractivity contribution in [2.24, 2.45) is 16.9 Å². The number of aromatic nitrogens is 4. The molecule has 0 aromatic carbocycles. The molecule has 2 aromatic rings. The molecule has 2 aromatic heterocycles. The number of carbonyl (C=O) groups is 1. The maximum absolute atomic E-state index is 10.9. The number of hydrogen-bond acceptors (Lipinski definition) is 10. The number of nitrogens with two attached hydrogens (primary N) is 3. The van der Waals surface area contributed by atoms with Gasteiger partial charge in [0.05, 0.1) is 12.4 Å². The predicted molar refractivity (Wildman–Crippen MR) is 107 cm³/mol. The molecule has 12 heteroatoms. The predicted octanol–water partition coefficient (Wildman–Crippen LogP) is -1.04. The Morgan fingerprint density at radius 1 is 1.23 bits per heavy atom. The molecule has 0 amide bonds. The van der Waals surface area contributed by atoms with E-state index >= 15 is 0 Å². The number of aliphatic hydroxyl groups is 2. The number of nitrogen functional groups attached to an aromatic ring is 1. The lowest BCUT2D eigenvalue weighted by atomic mass is 9.76. The quantitative estimate of drug-likeness (QED) is 0.302. The largest absolute Gasteiger partial charge is 0.480 e. The summed E-state index contributed by atoms with van der Waals surface area (Å²) in [7, 11) is 0. The second-order valence-electron chi connectivity index (χ2n) is 8.45. The van der Waals surface area contributed by atoms with Gasteiger partial charge in [0.25, 0.3) is 0 Å². The van der Waals surface area contributed by atoms with Gasteiger partial charge in [-0.3, -0.25) is 9.36 Å². The van der Waals surface area contributed by atoms with Gasteiger partial charge in [0, 0.05) is 6.04 Å². The molecular formula is C18H29N7O5. The Bertz CT molecular complexity index is 904. The molecule has 12 nitrogen and oxygen atoms in total. The van der Waals surface area contributed by atoms with Crippen molar-refractivity contribution in [1.82, 2.24) is 19.5 Å². The van der Waals surface area contributed by atoms with Crippen LogP contribution in [0.4, 0.5) is 5.82 Å². The summed E-state index contributed by atoms with van der Waals surface area (Å²) in [6.45, 7) is 3.81. The van der Waals surface area contributed by atoms with Gasteiger partial charge in [-0.1, -0.05) is 13.8 Å². The van der Waals surface area contributed by atoms with Gasteiger partial charge in [-0.15, -0.1) is 0 Å². The van der Waals surface area contributed by atoms with Crippen molar-refractivity contribution >= 4 is 23.0 Å². The van der Waals surface area contributed by atoms with Crippen LogP contribution in [0.2, 0.25) is 0 Å². The van der Waals surface area contributed by atoms with Crippen molar-refractivity contribution in [2.45, 2.75) is 69.7 Å². The second-order valence-corrected chi connectivity index (χ2v) is 8.45. The summed E-state index contributed by atoms with van der Waals surface area (Å²) in [5.74, 6) is -0.868. The summed E-state index contributed by atoms with van der Waals surface area (Å²) >= 11 is 0. The van der Waals surface area contributed by atoms with Crippen LogP contribution in [0.1, 0.15) is 39.3 Å². The van der Waals surface area contributed by atoms with E-state index in [1.807, 2.05) is 13.8 Å². The van der Waals surface area contributed by atoms with Gasteiger partial charge >= 0.3 is 5.97 Å². The molecule has 0 aliphatic carbocycles. The first-order valence-electron chi connectivity index (χ1n) is 9.71. The van der Waals surface area contributed by atoms with E-state index in [-0.39, 0.29) is 18.3 Å². The molecule has 9 N–H and O–H groups in total. The third kappa shape index (κ3) is 4.23. The van der Waals surface area contributed by atoms with Gasteiger partial charge in [0.1, 0.15) is 30.1 Å². The Hall–Kier alpha value is -2.38. The highest BCUT2D eigenvalue weighted by Gasteiger charge is 2.46. The summed E-state index contributed by atoms with van der Waals surface area (Å²) in [5, 5.41) is 30.1. The van der Waals surface area contributed by atoms with Crippen LogP contribution in [-0.4, -0.2) is 71.2 Å². The van der Waals surface area contributed by atoms with Crippen LogP contribution in [0, 0.1) is 5.41 Å². The maximum Gasteiger partial charge on any atom is 0.320 e. The standard InChI is InChI=1S/C18H29N7O5/c1-18(2,10(20)4-3-8(19)17(28)29)5-9-12(26)13(27)16(30-9)25-7-24-11-14(21)22-6-23-15(11)25/h6-10,12-13,16,26-27H,3-5,19-20H2,1-2H3,(H,28,29)(H2,21,22,23)/t8-,9+,10-,12+,13+,16+/m0/s1. The maximum atomic E-state index is 10.9. The average molecular weight is 423 g/mol. The number of ether oxygens (including phenoxy) is 1. The number of hydrogen-bond donors (Lipinski definition) is 6. The number of nitrogens with zero attached hydrogens (tertiary/aromatic N) is 4. The van der Waals surface area contributed by atoms with Crippen LogP contribution in [0.3, 0.4) is 0 Å². The zero-order chi connectivity index (χ0) is 22.2. The van der Waals surface area contributed by atoms with Gasteiger partial charge in [-0.25, -0.2) is 15.0 Å². The Kier molecular flexibility index (Phi) is 6.24. The van der Waals surface area contributed by atoms with Gasteiger partial charge in [0.2, 0.25) is 0 Å². The molecule has 6 atom stereocenters. The average Bonchev–Trinajstić information content (AvgIpc) is 3.23. The normalized spacial score (nSPS) is 26.7. The Morgan fingerprint density at radius 2 is 1.93 bits per heavy atom. The molecule has 166 valence electrons. The summed E-state index contributed by atoms with van der Waals surface area (Å²) < 4.78 is 7.49. The highest BCUT2D eigenvalue weighted by atomic mass is 16.6. The zero-order valence-electron chi connectivity index (χ0n) is 16.9. The highest BCUT2D eigenvalue weighted by Crippen LogP contribution is 2.38. The Labute approximate surface area is 173 Å². The van der Waals surface area contributed by atoms with Crippen LogP contribution in [0.25, 0.3) is 11.2 Å². The van der Waals surface area contributed by atoms with E-state index in [9.17, 15) is 15.0 Å². The number of imidazole rings is 1. The number of aliphatic carboxylic acids is 1. The fourth-order valence-electron chi connectivity index (χ4n) is 3.73. The Morgan fingerprint density at radius 3 is 2.60 bits per heavy atom. The zero-order valence-corrected chi connectivity index (χ0v) is 16.9. The molecule has 1 saturated heterocycles. The molecule has 3 heterocycles. The molecule has 0 saturated carbocycles. The molecule has 0 bridgehead atoms. The minimum atomic E-state index is -1.21. The SMILES string of the molecule is CC(C)(C[C@H]1O[C@@H](n2cnc3c(N)ncnc32)[C@H](O)[C@@H]1O)[C@@H](N)CC[C@H](N)C(=O)O. The van der Waals surface area contributed by atoms with Gasteiger partial charge in [0.15, 0.2) is 17.7 Å². The van der Waals surface area contributed by atoms with Crippen LogP contribution >= 0.6 is 0 Å². The fourth-order valence-corrected chi connectivity index (χ4v) is 3.73. The molecular weight excluding hydrogens is 394 g/mol. The van der Waals surface area contributed by atoms with Crippen LogP contribution in [0.5, 0.6) is 0 Å². The summed E-state index contributed by atoms with van der Waals surface area (Å²) in [6.07, 6.45) is -0.269. The van der Waals surface area contributed by atoms with Crippen molar-refractivity contribution < 1.29 is 24.9 Å². The molecule has 30 heavy (non-hydrogen) atoms. The lowest BCUT2D eigenvalue weighted by Crippen LogP contribution is -2.43. The third-order valence-electron chi connectivity index (χ3n) is 5.84. The third-order valence-corrected chi connectivity index (χ3v) is 5.84.